The van der Waals surface area contributed by atoms with Crippen molar-refractivity contribution in [3.8, 4) is 16.3 Å². The molecule has 4 aromatic rings. The maximum atomic E-state index is 9.62. The molecule has 1 aromatic carbocycles. The van der Waals surface area contributed by atoms with E-state index in [0.29, 0.717) is 6.42 Å². The maximum Gasteiger partial charge on any atom is 0.220 e. The molecule has 3 heterocycles. The summed E-state index contributed by atoms with van der Waals surface area (Å²) in [5.74, 6) is 0.547. The number of pyridine rings is 1. The van der Waals surface area contributed by atoms with Gasteiger partial charge < -0.3 is 10.8 Å². The highest BCUT2D eigenvalue weighted by Crippen LogP contribution is 2.37. The molecule has 25 heavy (non-hydrogen) atoms. The molecule has 0 fully saturated rings. The Labute approximate surface area is 148 Å². The Balaban J connectivity index is 1.75. The smallest absolute Gasteiger partial charge is 0.220 e. The fourth-order valence-corrected chi connectivity index (χ4v) is 4.01. The summed E-state index contributed by atoms with van der Waals surface area (Å²) < 4.78 is 1.12. The van der Waals surface area contributed by atoms with Crippen LogP contribution in [0.5, 0.6) is 5.75 Å². The molecule has 0 atom stereocenters. The van der Waals surface area contributed by atoms with Crippen LogP contribution >= 0.6 is 11.3 Å². The first kappa shape index (κ1) is 15.5. The van der Waals surface area contributed by atoms with Gasteiger partial charge in [0.15, 0.2) is 0 Å². The molecule has 6 heteroatoms. The van der Waals surface area contributed by atoms with E-state index in [1.165, 1.54) is 5.39 Å². The zero-order valence-electron chi connectivity index (χ0n) is 13.6. The highest BCUT2D eigenvalue weighted by atomic mass is 32.1. The minimum atomic E-state index is 0.272. The standard InChI is InChI=1S/C19H16N4OS/c1-11-15-9-13(7-12-3-2-4-14(24)8-12)22-10-17(15)25-18(11)16-5-6-21-19(20)23-16/h2-6,8-10,24H,7H2,1H3,(H2,20,21,23). The molecule has 0 bridgehead atoms. The Hall–Kier alpha value is -2.99. The summed E-state index contributed by atoms with van der Waals surface area (Å²) in [5.41, 5.74) is 9.71. The maximum absolute atomic E-state index is 9.62. The minimum absolute atomic E-state index is 0.272. The van der Waals surface area contributed by atoms with Gasteiger partial charge in [0, 0.05) is 24.5 Å². The van der Waals surface area contributed by atoms with E-state index in [0.717, 1.165) is 32.1 Å². The number of nitrogen functional groups attached to an aromatic ring is 1. The number of aromatic nitrogens is 3. The number of nitrogens with zero attached hydrogens (tertiary/aromatic N) is 3. The summed E-state index contributed by atoms with van der Waals surface area (Å²) in [4.78, 5) is 13.9. The molecule has 0 aliphatic carbocycles. The molecule has 0 unspecified atom stereocenters. The fourth-order valence-electron chi connectivity index (χ4n) is 2.89. The highest BCUT2D eigenvalue weighted by molar-refractivity contribution is 7.22. The first-order chi connectivity index (χ1) is 12.1. The van der Waals surface area contributed by atoms with E-state index in [9.17, 15) is 5.11 Å². The Morgan fingerprint density at radius 2 is 2.04 bits per heavy atom. The molecule has 5 nitrogen and oxygen atoms in total. The van der Waals surface area contributed by atoms with Crippen LogP contribution in [0.4, 0.5) is 5.95 Å². The van der Waals surface area contributed by atoms with Crippen LogP contribution in [0.3, 0.4) is 0 Å². The van der Waals surface area contributed by atoms with Crippen molar-refractivity contribution in [1.82, 2.24) is 15.0 Å². The molecule has 0 amide bonds. The van der Waals surface area contributed by atoms with Gasteiger partial charge in [-0.1, -0.05) is 12.1 Å². The number of rotatable bonds is 3. The number of hydrogen-bond donors (Lipinski definition) is 2. The number of fused-ring (bicyclic) bond motifs is 1. The first-order valence-corrected chi connectivity index (χ1v) is 8.66. The quantitative estimate of drug-likeness (QED) is 0.586. The SMILES string of the molecule is Cc1c(-c2ccnc(N)n2)sc2cnc(Cc3cccc(O)c3)cc12. The number of hydrogen-bond acceptors (Lipinski definition) is 6. The number of benzene rings is 1. The van der Waals surface area contributed by atoms with Gasteiger partial charge in [0.05, 0.1) is 15.3 Å². The lowest BCUT2D eigenvalue weighted by molar-refractivity contribution is 0.474. The van der Waals surface area contributed by atoms with Crippen molar-refractivity contribution in [2.24, 2.45) is 0 Å². The number of thiophene rings is 1. The van der Waals surface area contributed by atoms with E-state index in [1.54, 1.807) is 29.7 Å². The fraction of sp³-hybridized carbons (Fsp3) is 0.105. The van der Waals surface area contributed by atoms with Crippen LogP contribution in [0.2, 0.25) is 0 Å². The van der Waals surface area contributed by atoms with Crippen LogP contribution in [0.25, 0.3) is 20.7 Å². The molecule has 0 radical (unpaired) electrons. The van der Waals surface area contributed by atoms with Gasteiger partial charge in [-0.2, -0.15) is 0 Å². The van der Waals surface area contributed by atoms with Crippen LogP contribution in [-0.4, -0.2) is 20.1 Å². The topological polar surface area (TPSA) is 84.9 Å². The Morgan fingerprint density at radius 1 is 1.16 bits per heavy atom. The van der Waals surface area contributed by atoms with Gasteiger partial charge in [-0.25, -0.2) is 9.97 Å². The van der Waals surface area contributed by atoms with Crippen molar-refractivity contribution in [3.05, 3.63) is 65.6 Å². The van der Waals surface area contributed by atoms with Gasteiger partial charge in [0.1, 0.15) is 5.75 Å². The number of anilines is 1. The lowest BCUT2D eigenvalue weighted by Crippen LogP contribution is -1.94. The van der Waals surface area contributed by atoms with E-state index in [2.05, 4.69) is 27.9 Å². The third-order valence-electron chi connectivity index (χ3n) is 4.08. The van der Waals surface area contributed by atoms with E-state index in [1.807, 2.05) is 24.4 Å². The second-order valence-corrected chi connectivity index (χ2v) is 6.93. The lowest BCUT2D eigenvalue weighted by Gasteiger charge is -2.03. The number of aromatic hydroxyl groups is 1. The van der Waals surface area contributed by atoms with Crippen molar-refractivity contribution in [3.63, 3.8) is 0 Å². The van der Waals surface area contributed by atoms with Gasteiger partial charge >= 0.3 is 0 Å². The van der Waals surface area contributed by atoms with Gasteiger partial charge in [0.2, 0.25) is 5.95 Å². The summed E-state index contributed by atoms with van der Waals surface area (Å²) in [7, 11) is 0. The van der Waals surface area contributed by atoms with E-state index in [-0.39, 0.29) is 11.7 Å². The van der Waals surface area contributed by atoms with Crippen LogP contribution in [0.15, 0.2) is 48.8 Å². The number of phenols is 1. The summed E-state index contributed by atoms with van der Waals surface area (Å²) in [6, 6.07) is 11.2. The molecule has 124 valence electrons. The Bertz CT molecular complexity index is 1070. The first-order valence-electron chi connectivity index (χ1n) is 7.85. The zero-order chi connectivity index (χ0) is 17.4. The summed E-state index contributed by atoms with van der Waals surface area (Å²) in [5, 5.41) is 10.8. The zero-order valence-corrected chi connectivity index (χ0v) is 14.4. The number of aryl methyl sites for hydroxylation is 1. The molecule has 0 saturated heterocycles. The average molecular weight is 348 g/mol. The van der Waals surface area contributed by atoms with Gasteiger partial charge in [-0.3, -0.25) is 4.98 Å². The van der Waals surface area contributed by atoms with E-state index >= 15 is 0 Å². The van der Waals surface area contributed by atoms with Gasteiger partial charge in [0.25, 0.3) is 0 Å². The predicted molar refractivity (Wildman–Crippen MR) is 101 cm³/mol. The molecule has 0 aliphatic rings. The van der Waals surface area contributed by atoms with Crippen molar-refractivity contribution in [2.75, 3.05) is 5.73 Å². The second-order valence-electron chi connectivity index (χ2n) is 5.87. The Morgan fingerprint density at radius 3 is 2.84 bits per heavy atom. The van der Waals surface area contributed by atoms with Gasteiger partial charge in [-0.05, 0) is 47.7 Å². The van der Waals surface area contributed by atoms with Crippen molar-refractivity contribution < 1.29 is 5.11 Å². The normalized spacial score (nSPS) is 11.1. The average Bonchev–Trinajstić information content (AvgIpc) is 2.92. The summed E-state index contributed by atoms with van der Waals surface area (Å²) in [6.07, 6.45) is 4.25. The second kappa shape index (κ2) is 6.14. The lowest BCUT2D eigenvalue weighted by atomic mass is 10.1. The summed E-state index contributed by atoms with van der Waals surface area (Å²) >= 11 is 1.65. The van der Waals surface area contributed by atoms with Crippen molar-refractivity contribution in [2.45, 2.75) is 13.3 Å². The molecule has 0 aliphatic heterocycles. The van der Waals surface area contributed by atoms with Crippen molar-refractivity contribution >= 4 is 27.4 Å². The molecule has 0 spiro atoms. The number of nitrogens with two attached hydrogens (primary N) is 1. The molecule has 0 saturated carbocycles. The van der Waals surface area contributed by atoms with Crippen LogP contribution < -0.4 is 5.73 Å². The highest BCUT2D eigenvalue weighted by Gasteiger charge is 2.13. The van der Waals surface area contributed by atoms with E-state index < -0.39 is 0 Å². The molecular formula is C19H16N4OS. The molecule has 3 N–H and O–H groups in total. The van der Waals surface area contributed by atoms with Gasteiger partial charge in [-0.15, -0.1) is 11.3 Å². The third-order valence-corrected chi connectivity index (χ3v) is 5.35. The monoisotopic (exact) mass is 348 g/mol. The minimum Gasteiger partial charge on any atom is -0.508 e. The summed E-state index contributed by atoms with van der Waals surface area (Å²) in [6.45, 7) is 2.09. The third kappa shape index (κ3) is 3.04. The molecule has 4 rings (SSSR count). The van der Waals surface area contributed by atoms with E-state index in [4.69, 9.17) is 5.73 Å². The predicted octanol–water partition coefficient (Wildman–Crippen LogP) is 3.94. The Kier molecular flexibility index (Phi) is 3.82. The van der Waals surface area contributed by atoms with Crippen LogP contribution in [-0.2, 0) is 6.42 Å². The largest absolute Gasteiger partial charge is 0.508 e. The van der Waals surface area contributed by atoms with Crippen LogP contribution in [0.1, 0.15) is 16.8 Å². The molecule has 3 aromatic heterocycles. The number of phenolic OH excluding ortho intramolecular Hbond substituents is 1. The molecular weight excluding hydrogens is 332 g/mol. The van der Waals surface area contributed by atoms with Crippen LogP contribution in [0, 0.1) is 6.92 Å². The van der Waals surface area contributed by atoms with Crippen molar-refractivity contribution in [1.29, 1.82) is 0 Å².